The lowest BCUT2D eigenvalue weighted by Crippen LogP contribution is -2.25. The molecule has 1 aromatic carbocycles. The van der Waals surface area contributed by atoms with Crippen LogP contribution in [0.1, 0.15) is 29.8 Å². The predicted molar refractivity (Wildman–Crippen MR) is 76.3 cm³/mol. The molecule has 0 spiro atoms. The highest BCUT2D eigenvalue weighted by Gasteiger charge is 2.24. The normalized spacial score (nSPS) is 10.9. The SMILES string of the molecule is COc1cc(C=O)ccc1OC(C)(C)c1cccnc1. The van der Waals surface area contributed by atoms with Crippen molar-refractivity contribution < 1.29 is 14.3 Å². The summed E-state index contributed by atoms with van der Waals surface area (Å²) in [7, 11) is 1.55. The van der Waals surface area contributed by atoms with Gasteiger partial charge < -0.3 is 9.47 Å². The third kappa shape index (κ3) is 2.96. The second-order valence-corrected chi connectivity index (χ2v) is 4.88. The number of hydrogen-bond acceptors (Lipinski definition) is 4. The zero-order valence-corrected chi connectivity index (χ0v) is 11.8. The van der Waals surface area contributed by atoms with E-state index in [-0.39, 0.29) is 0 Å². The van der Waals surface area contributed by atoms with Crippen LogP contribution in [0.5, 0.6) is 11.5 Å². The maximum absolute atomic E-state index is 10.8. The second kappa shape index (κ2) is 5.74. The maximum Gasteiger partial charge on any atom is 0.162 e. The molecule has 0 aliphatic carbocycles. The second-order valence-electron chi connectivity index (χ2n) is 4.88. The van der Waals surface area contributed by atoms with Crippen molar-refractivity contribution >= 4 is 6.29 Å². The number of benzene rings is 1. The number of carbonyl (C=O) groups is 1. The van der Waals surface area contributed by atoms with Gasteiger partial charge in [-0.15, -0.1) is 0 Å². The molecular formula is C16H17NO3. The van der Waals surface area contributed by atoms with Gasteiger partial charge in [0.2, 0.25) is 0 Å². The Morgan fingerprint density at radius 3 is 2.60 bits per heavy atom. The van der Waals surface area contributed by atoms with Gasteiger partial charge in [0.05, 0.1) is 7.11 Å². The van der Waals surface area contributed by atoms with E-state index in [4.69, 9.17) is 9.47 Å². The van der Waals surface area contributed by atoms with Gasteiger partial charge in [-0.05, 0) is 38.1 Å². The number of ether oxygens (including phenoxy) is 2. The first-order valence-corrected chi connectivity index (χ1v) is 6.29. The van der Waals surface area contributed by atoms with E-state index in [0.717, 1.165) is 11.8 Å². The van der Waals surface area contributed by atoms with Crippen molar-refractivity contribution in [3.05, 3.63) is 53.9 Å². The Hall–Kier alpha value is -2.36. The summed E-state index contributed by atoms with van der Waals surface area (Å²) in [5.41, 5.74) is 0.958. The van der Waals surface area contributed by atoms with E-state index in [2.05, 4.69) is 4.98 Å². The van der Waals surface area contributed by atoms with E-state index in [1.165, 1.54) is 0 Å². The van der Waals surface area contributed by atoms with Crippen molar-refractivity contribution in [2.24, 2.45) is 0 Å². The number of rotatable bonds is 5. The molecule has 0 aliphatic heterocycles. The first-order chi connectivity index (χ1) is 9.56. The minimum absolute atomic E-state index is 0.534. The Labute approximate surface area is 118 Å². The fraction of sp³-hybridized carbons (Fsp3) is 0.250. The molecule has 0 saturated carbocycles. The third-order valence-corrected chi connectivity index (χ3v) is 3.05. The van der Waals surface area contributed by atoms with Crippen LogP contribution in [0.25, 0.3) is 0 Å². The number of pyridine rings is 1. The van der Waals surface area contributed by atoms with Crippen LogP contribution in [-0.4, -0.2) is 18.4 Å². The van der Waals surface area contributed by atoms with Crippen molar-refractivity contribution in [3.63, 3.8) is 0 Å². The van der Waals surface area contributed by atoms with Gasteiger partial charge in [0.1, 0.15) is 11.9 Å². The van der Waals surface area contributed by atoms with Crippen molar-refractivity contribution in [1.29, 1.82) is 0 Å². The van der Waals surface area contributed by atoms with Crippen LogP contribution in [0.15, 0.2) is 42.7 Å². The van der Waals surface area contributed by atoms with Crippen LogP contribution < -0.4 is 9.47 Å². The quantitative estimate of drug-likeness (QED) is 0.783. The molecule has 104 valence electrons. The van der Waals surface area contributed by atoms with Crippen LogP contribution in [-0.2, 0) is 5.60 Å². The van der Waals surface area contributed by atoms with Crippen LogP contribution in [0.4, 0.5) is 0 Å². The highest BCUT2D eigenvalue weighted by molar-refractivity contribution is 5.76. The van der Waals surface area contributed by atoms with Crippen LogP contribution in [0, 0.1) is 0 Å². The van der Waals surface area contributed by atoms with Crippen molar-refractivity contribution in [3.8, 4) is 11.5 Å². The van der Waals surface area contributed by atoms with Gasteiger partial charge in [-0.3, -0.25) is 9.78 Å². The molecule has 4 heteroatoms. The van der Waals surface area contributed by atoms with E-state index in [0.29, 0.717) is 17.1 Å². The Morgan fingerprint density at radius 1 is 1.20 bits per heavy atom. The summed E-state index contributed by atoms with van der Waals surface area (Å²) in [4.78, 5) is 14.9. The van der Waals surface area contributed by atoms with Crippen molar-refractivity contribution in [2.45, 2.75) is 19.4 Å². The summed E-state index contributed by atoms with van der Waals surface area (Å²) >= 11 is 0. The van der Waals surface area contributed by atoms with E-state index < -0.39 is 5.60 Å². The molecule has 1 heterocycles. The molecule has 2 rings (SSSR count). The number of aldehydes is 1. The lowest BCUT2D eigenvalue weighted by Gasteiger charge is -2.27. The summed E-state index contributed by atoms with van der Waals surface area (Å²) in [5, 5.41) is 0. The first kappa shape index (κ1) is 14.1. The Kier molecular flexibility index (Phi) is 4.03. The highest BCUT2D eigenvalue weighted by atomic mass is 16.5. The Morgan fingerprint density at radius 2 is 2.00 bits per heavy atom. The topological polar surface area (TPSA) is 48.4 Å². The zero-order chi connectivity index (χ0) is 14.6. The number of methoxy groups -OCH3 is 1. The summed E-state index contributed by atoms with van der Waals surface area (Å²) in [5.74, 6) is 1.12. The molecule has 20 heavy (non-hydrogen) atoms. The monoisotopic (exact) mass is 271 g/mol. The number of carbonyl (C=O) groups excluding carboxylic acids is 1. The first-order valence-electron chi connectivity index (χ1n) is 6.29. The molecule has 4 nitrogen and oxygen atoms in total. The minimum atomic E-state index is -0.551. The van der Waals surface area contributed by atoms with E-state index in [9.17, 15) is 4.79 Å². The molecule has 0 unspecified atom stereocenters. The van der Waals surface area contributed by atoms with Gasteiger partial charge in [0.25, 0.3) is 0 Å². The molecule has 0 saturated heterocycles. The summed E-state index contributed by atoms with van der Waals surface area (Å²) < 4.78 is 11.3. The van der Waals surface area contributed by atoms with Crippen LogP contribution in [0.3, 0.4) is 0 Å². The number of hydrogen-bond donors (Lipinski definition) is 0. The lowest BCUT2D eigenvalue weighted by atomic mass is 10.00. The standard InChI is InChI=1S/C16H17NO3/c1-16(2,13-5-4-8-17-10-13)20-14-7-6-12(11-18)9-15(14)19-3/h4-11H,1-3H3. The summed E-state index contributed by atoms with van der Waals surface area (Å²) in [6.07, 6.45) is 4.27. The predicted octanol–water partition coefficient (Wildman–Crippen LogP) is 3.22. The van der Waals surface area contributed by atoms with E-state index >= 15 is 0 Å². The van der Waals surface area contributed by atoms with Gasteiger partial charge in [-0.1, -0.05) is 6.07 Å². The molecule has 0 amide bonds. The van der Waals surface area contributed by atoms with Crippen LogP contribution >= 0.6 is 0 Å². The van der Waals surface area contributed by atoms with Gasteiger partial charge in [-0.25, -0.2) is 0 Å². The zero-order valence-electron chi connectivity index (χ0n) is 11.8. The molecule has 0 aliphatic rings. The largest absolute Gasteiger partial charge is 0.493 e. The molecule has 0 atom stereocenters. The Bertz CT molecular complexity index is 594. The van der Waals surface area contributed by atoms with Gasteiger partial charge in [0, 0.05) is 23.5 Å². The molecule has 1 aromatic heterocycles. The van der Waals surface area contributed by atoms with Gasteiger partial charge >= 0.3 is 0 Å². The number of nitrogens with zero attached hydrogens (tertiary/aromatic N) is 1. The third-order valence-electron chi connectivity index (χ3n) is 3.05. The van der Waals surface area contributed by atoms with Gasteiger partial charge in [-0.2, -0.15) is 0 Å². The lowest BCUT2D eigenvalue weighted by molar-refractivity contribution is 0.103. The average molecular weight is 271 g/mol. The fourth-order valence-electron chi connectivity index (χ4n) is 1.89. The summed E-state index contributed by atoms with van der Waals surface area (Å²) in [6.45, 7) is 3.91. The smallest absolute Gasteiger partial charge is 0.162 e. The van der Waals surface area contributed by atoms with Crippen molar-refractivity contribution in [2.75, 3.05) is 7.11 Å². The summed E-state index contributed by atoms with van der Waals surface area (Å²) in [6, 6.07) is 8.92. The minimum Gasteiger partial charge on any atom is -0.493 e. The molecule has 0 N–H and O–H groups in total. The number of aromatic nitrogens is 1. The molecule has 0 radical (unpaired) electrons. The van der Waals surface area contributed by atoms with E-state index in [1.807, 2.05) is 26.0 Å². The molecule has 2 aromatic rings. The van der Waals surface area contributed by atoms with Crippen LogP contribution in [0.2, 0.25) is 0 Å². The van der Waals surface area contributed by atoms with Gasteiger partial charge in [0.15, 0.2) is 11.5 Å². The fourth-order valence-corrected chi connectivity index (χ4v) is 1.89. The Balaban J connectivity index is 2.31. The van der Waals surface area contributed by atoms with Crippen molar-refractivity contribution in [1.82, 2.24) is 4.98 Å². The highest BCUT2D eigenvalue weighted by Crippen LogP contribution is 2.34. The molecule has 0 fully saturated rings. The maximum atomic E-state index is 10.8. The molecular weight excluding hydrogens is 254 g/mol. The van der Waals surface area contributed by atoms with E-state index in [1.54, 1.807) is 37.7 Å². The average Bonchev–Trinajstić information content (AvgIpc) is 2.48. The molecule has 0 bridgehead atoms.